The van der Waals surface area contributed by atoms with Crippen molar-refractivity contribution in [2.75, 3.05) is 11.4 Å². The second-order valence-electron chi connectivity index (χ2n) is 3.88. The number of rotatable bonds is 2. The van der Waals surface area contributed by atoms with Gasteiger partial charge in [0.05, 0.1) is 0 Å². The zero-order valence-electron chi connectivity index (χ0n) is 8.70. The third kappa shape index (κ3) is 1.50. The van der Waals surface area contributed by atoms with Crippen LogP contribution in [0.4, 0.5) is 5.95 Å². The van der Waals surface area contributed by atoms with Crippen LogP contribution < -0.4 is 4.90 Å². The Hall–Kier alpha value is -1.38. The summed E-state index contributed by atoms with van der Waals surface area (Å²) in [5.41, 5.74) is 2.02. The van der Waals surface area contributed by atoms with Crippen molar-refractivity contribution in [2.45, 2.75) is 26.3 Å². The van der Waals surface area contributed by atoms with Crippen molar-refractivity contribution >= 4 is 11.5 Å². The lowest BCUT2D eigenvalue weighted by atomic mass is 10.1. The summed E-state index contributed by atoms with van der Waals surface area (Å²) < 4.78 is 0. The molecule has 0 aromatic carbocycles. The van der Waals surface area contributed by atoms with Gasteiger partial charge in [-0.25, -0.2) is 9.97 Å². The minimum atomic E-state index is 0.589. The van der Waals surface area contributed by atoms with E-state index in [0.717, 1.165) is 23.6 Å². The van der Waals surface area contributed by atoms with E-state index in [1.165, 1.54) is 6.42 Å². The summed E-state index contributed by atoms with van der Waals surface area (Å²) >= 11 is 0. The van der Waals surface area contributed by atoms with Crippen LogP contribution in [0.25, 0.3) is 5.57 Å². The van der Waals surface area contributed by atoms with E-state index in [1.807, 2.05) is 19.3 Å². The molecule has 0 saturated carbocycles. The van der Waals surface area contributed by atoms with Crippen molar-refractivity contribution in [1.29, 1.82) is 0 Å². The fourth-order valence-corrected chi connectivity index (χ4v) is 1.50. The number of anilines is 1. The third-order valence-corrected chi connectivity index (χ3v) is 2.71. The highest BCUT2D eigenvalue weighted by molar-refractivity contribution is 5.60. The number of aromatic nitrogens is 2. The first-order valence-corrected chi connectivity index (χ1v) is 4.93. The zero-order chi connectivity index (χ0) is 10.1. The van der Waals surface area contributed by atoms with Crippen LogP contribution in [0.2, 0.25) is 0 Å². The van der Waals surface area contributed by atoms with E-state index in [0.29, 0.717) is 6.04 Å². The maximum atomic E-state index is 4.33. The van der Waals surface area contributed by atoms with Crippen molar-refractivity contribution in [3.05, 3.63) is 24.5 Å². The molecule has 1 aliphatic heterocycles. The molecule has 0 bridgehead atoms. The van der Waals surface area contributed by atoms with Crippen molar-refractivity contribution in [1.82, 2.24) is 9.97 Å². The van der Waals surface area contributed by atoms with Gasteiger partial charge in [-0.15, -0.1) is 0 Å². The quantitative estimate of drug-likeness (QED) is 0.713. The lowest BCUT2D eigenvalue weighted by molar-refractivity contribution is 0.470. The van der Waals surface area contributed by atoms with E-state index in [4.69, 9.17) is 0 Å². The molecule has 0 amide bonds. The summed E-state index contributed by atoms with van der Waals surface area (Å²) in [6.07, 6.45) is 4.93. The fourth-order valence-electron chi connectivity index (χ4n) is 1.50. The van der Waals surface area contributed by atoms with E-state index in [9.17, 15) is 0 Å². The minimum Gasteiger partial charge on any atom is -0.338 e. The van der Waals surface area contributed by atoms with Gasteiger partial charge >= 0.3 is 0 Å². The van der Waals surface area contributed by atoms with E-state index >= 15 is 0 Å². The molecule has 0 radical (unpaired) electrons. The zero-order valence-corrected chi connectivity index (χ0v) is 8.70. The van der Waals surface area contributed by atoms with Crippen LogP contribution in [-0.4, -0.2) is 22.6 Å². The first-order chi connectivity index (χ1) is 6.68. The molecular weight excluding hydrogens is 174 g/mol. The molecule has 1 aromatic rings. The second-order valence-corrected chi connectivity index (χ2v) is 3.88. The summed E-state index contributed by atoms with van der Waals surface area (Å²) in [6.45, 7) is 9.09. The van der Waals surface area contributed by atoms with Crippen LogP contribution in [0.3, 0.4) is 0 Å². The van der Waals surface area contributed by atoms with E-state index in [2.05, 4.69) is 28.4 Å². The van der Waals surface area contributed by atoms with Crippen molar-refractivity contribution in [2.24, 2.45) is 0 Å². The fraction of sp³-hybridized carbons (Fsp3) is 0.455. The average molecular weight is 189 g/mol. The van der Waals surface area contributed by atoms with Crippen molar-refractivity contribution in [3.63, 3.8) is 0 Å². The number of nitrogens with zero attached hydrogens (tertiary/aromatic N) is 3. The maximum Gasteiger partial charge on any atom is 0.225 e. The van der Waals surface area contributed by atoms with Crippen LogP contribution in [-0.2, 0) is 0 Å². The smallest absolute Gasteiger partial charge is 0.225 e. The number of hydrogen-bond donors (Lipinski definition) is 0. The summed E-state index contributed by atoms with van der Waals surface area (Å²) in [5.74, 6) is 0.841. The van der Waals surface area contributed by atoms with Crippen LogP contribution in [0.5, 0.6) is 0 Å². The van der Waals surface area contributed by atoms with E-state index < -0.39 is 0 Å². The summed E-state index contributed by atoms with van der Waals surface area (Å²) in [6, 6.07) is 0.589. The van der Waals surface area contributed by atoms with E-state index in [-0.39, 0.29) is 0 Å². The molecule has 3 heteroatoms. The molecule has 1 fully saturated rings. The van der Waals surface area contributed by atoms with Crippen molar-refractivity contribution < 1.29 is 0 Å². The van der Waals surface area contributed by atoms with Gasteiger partial charge in [0.2, 0.25) is 5.95 Å². The Kier molecular flexibility index (Phi) is 2.23. The van der Waals surface area contributed by atoms with Gasteiger partial charge in [0.1, 0.15) is 0 Å². The molecule has 1 aromatic heterocycles. The highest BCUT2D eigenvalue weighted by Crippen LogP contribution is 2.22. The highest BCUT2D eigenvalue weighted by Gasteiger charge is 2.25. The van der Waals surface area contributed by atoms with Gasteiger partial charge in [-0.2, -0.15) is 0 Å². The van der Waals surface area contributed by atoms with Gasteiger partial charge in [0.15, 0.2) is 0 Å². The average Bonchev–Trinajstić information content (AvgIpc) is 2.16. The molecule has 0 N–H and O–H groups in total. The molecule has 2 heterocycles. The van der Waals surface area contributed by atoms with Gasteiger partial charge in [-0.3, -0.25) is 0 Å². The Morgan fingerprint density at radius 3 is 2.50 bits per heavy atom. The first kappa shape index (κ1) is 9.19. The molecular formula is C11H15N3. The topological polar surface area (TPSA) is 29.0 Å². The Morgan fingerprint density at radius 1 is 1.50 bits per heavy atom. The molecule has 1 saturated heterocycles. The monoisotopic (exact) mass is 189 g/mol. The number of allylic oxidation sites excluding steroid dienone is 1. The molecule has 0 aliphatic carbocycles. The Labute approximate surface area is 84.5 Å². The maximum absolute atomic E-state index is 4.33. The normalized spacial score (nSPS) is 20.4. The molecule has 74 valence electrons. The molecule has 2 rings (SSSR count). The standard InChI is InChI=1S/C11H15N3/c1-8(2)10-6-12-11(13-7-10)14-5-4-9(14)3/h6-7,9H,1,4-5H2,2-3H3. The highest BCUT2D eigenvalue weighted by atomic mass is 15.3. The Bertz CT molecular complexity index is 342. The SMILES string of the molecule is C=C(C)c1cnc(N2CCC2C)nc1. The van der Waals surface area contributed by atoms with Crippen molar-refractivity contribution in [3.8, 4) is 0 Å². The molecule has 0 spiro atoms. The lowest BCUT2D eigenvalue weighted by Gasteiger charge is -2.38. The largest absolute Gasteiger partial charge is 0.338 e. The van der Waals surface area contributed by atoms with Gasteiger partial charge in [-0.1, -0.05) is 6.58 Å². The lowest BCUT2D eigenvalue weighted by Crippen LogP contribution is -2.46. The summed E-state index contributed by atoms with van der Waals surface area (Å²) in [5, 5.41) is 0. The molecule has 1 unspecified atom stereocenters. The van der Waals surface area contributed by atoms with Gasteiger partial charge in [0.25, 0.3) is 0 Å². The van der Waals surface area contributed by atoms with Gasteiger partial charge in [0, 0.05) is 30.5 Å². The number of hydrogen-bond acceptors (Lipinski definition) is 3. The molecule has 3 nitrogen and oxygen atoms in total. The Balaban J connectivity index is 2.17. The summed E-state index contributed by atoms with van der Waals surface area (Å²) in [7, 11) is 0. The predicted molar refractivity (Wildman–Crippen MR) is 58.2 cm³/mol. The van der Waals surface area contributed by atoms with E-state index in [1.54, 1.807) is 0 Å². The molecule has 1 aliphatic rings. The Morgan fingerprint density at radius 2 is 2.14 bits per heavy atom. The van der Waals surface area contributed by atoms with Crippen LogP contribution in [0, 0.1) is 0 Å². The van der Waals surface area contributed by atoms with Crippen LogP contribution in [0.1, 0.15) is 25.8 Å². The predicted octanol–water partition coefficient (Wildman–Crippen LogP) is 2.11. The molecule has 14 heavy (non-hydrogen) atoms. The van der Waals surface area contributed by atoms with Gasteiger partial charge in [-0.05, 0) is 25.8 Å². The minimum absolute atomic E-state index is 0.589. The summed E-state index contributed by atoms with van der Waals surface area (Å²) in [4.78, 5) is 10.9. The first-order valence-electron chi connectivity index (χ1n) is 4.93. The molecule has 1 atom stereocenters. The van der Waals surface area contributed by atoms with Crippen LogP contribution in [0.15, 0.2) is 19.0 Å². The second kappa shape index (κ2) is 3.40. The third-order valence-electron chi connectivity index (χ3n) is 2.71. The van der Waals surface area contributed by atoms with Gasteiger partial charge < -0.3 is 4.90 Å². The van der Waals surface area contributed by atoms with Crippen LogP contribution >= 0.6 is 0 Å².